The van der Waals surface area contributed by atoms with Crippen LogP contribution in [0.1, 0.15) is 24.2 Å². The number of esters is 1. The highest BCUT2D eigenvalue weighted by molar-refractivity contribution is 7.11. The van der Waals surface area contributed by atoms with Crippen LogP contribution in [-0.2, 0) is 9.47 Å². The molecule has 0 aliphatic carbocycles. The van der Waals surface area contributed by atoms with Crippen molar-refractivity contribution in [3.8, 4) is 0 Å². The highest BCUT2D eigenvalue weighted by atomic mass is 32.1. The van der Waals surface area contributed by atoms with Crippen molar-refractivity contribution in [3.63, 3.8) is 0 Å². The number of morpholine rings is 1. The fourth-order valence-electron chi connectivity index (χ4n) is 2.22. The van der Waals surface area contributed by atoms with E-state index in [1.165, 1.54) is 0 Å². The Labute approximate surface area is 121 Å². The van der Waals surface area contributed by atoms with E-state index in [1.807, 2.05) is 11.8 Å². The molecule has 1 saturated heterocycles. The molecule has 0 saturated carbocycles. The summed E-state index contributed by atoms with van der Waals surface area (Å²) in [5, 5.41) is 9.94. The van der Waals surface area contributed by atoms with Crippen molar-refractivity contribution in [2.24, 2.45) is 0 Å². The van der Waals surface area contributed by atoms with Gasteiger partial charge >= 0.3 is 5.97 Å². The van der Waals surface area contributed by atoms with Gasteiger partial charge in [-0.2, -0.15) is 4.37 Å². The average molecular weight is 301 g/mol. The maximum absolute atomic E-state index is 12.0. The predicted octanol–water partition coefficient (Wildman–Crippen LogP) is 0.488. The lowest BCUT2D eigenvalue weighted by Gasteiger charge is -2.36. The van der Waals surface area contributed by atoms with Crippen molar-refractivity contribution < 1.29 is 19.4 Å². The van der Waals surface area contributed by atoms with E-state index in [4.69, 9.17) is 15.2 Å². The molecule has 0 aromatic carbocycles. The summed E-state index contributed by atoms with van der Waals surface area (Å²) in [6.45, 7) is 4.99. The van der Waals surface area contributed by atoms with E-state index in [-0.39, 0.29) is 31.2 Å². The van der Waals surface area contributed by atoms with E-state index in [9.17, 15) is 9.90 Å². The fraction of sp³-hybridized carbons (Fsp3) is 0.667. The summed E-state index contributed by atoms with van der Waals surface area (Å²) >= 11 is 1.16. The van der Waals surface area contributed by atoms with Gasteiger partial charge in [-0.05, 0) is 25.4 Å². The van der Waals surface area contributed by atoms with E-state index in [1.54, 1.807) is 6.92 Å². The number of ether oxygens (including phenoxy) is 2. The summed E-state index contributed by atoms with van der Waals surface area (Å²) < 4.78 is 14.7. The zero-order valence-corrected chi connectivity index (χ0v) is 12.4. The van der Waals surface area contributed by atoms with Gasteiger partial charge in [-0.1, -0.05) is 0 Å². The van der Waals surface area contributed by atoms with Gasteiger partial charge in [-0.25, -0.2) is 4.79 Å². The highest BCUT2D eigenvalue weighted by Gasteiger charge is 2.31. The topological polar surface area (TPSA) is 97.9 Å². The lowest BCUT2D eigenvalue weighted by molar-refractivity contribution is -0.0419. The SMILES string of the molecule is CCOC(=O)c1c(N)nsc1N1CC(C)OC(CO)C1. The van der Waals surface area contributed by atoms with Crippen molar-refractivity contribution in [1.29, 1.82) is 0 Å². The summed E-state index contributed by atoms with van der Waals surface area (Å²) in [6.07, 6.45) is -0.323. The summed E-state index contributed by atoms with van der Waals surface area (Å²) in [7, 11) is 0. The van der Waals surface area contributed by atoms with E-state index in [0.29, 0.717) is 23.7 Å². The molecule has 8 heteroatoms. The largest absolute Gasteiger partial charge is 0.462 e. The lowest BCUT2D eigenvalue weighted by Crippen LogP contribution is -2.48. The maximum atomic E-state index is 12.0. The standard InChI is InChI=1S/C12H19N3O4S/c1-3-18-12(17)9-10(13)14-20-11(9)15-4-7(2)19-8(5-15)6-16/h7-8,16H,3-6H2,1-2H3,(H2,13,14). The molecule has 2 rings (SSSR count). The van der Waals surface area contributed by atoms with Crippen LogP contribution in [-0.4, -0.2) is 54.0 Å². The Morgan fingerprint density at radius 1 is 1.65 bits per heavy atom. The number of aromatic nitrogens is 1. The molecule has 2 unspecified atom stereocenters. The lowest BCUT2D eigenvalue weighted by atomic mass is 10.2. The van der Waals surface area contributed by atoms with Crippen LogP contribution in [0.15, 0.2) is 0 Å². The molecule has 1 aliphatic heterocycles. The Morgan fingerprint density at radius 2 is 2.40 bits per heavy atom. The minimum Gasteiger partial charge on any atom is -0.462 e. The summed E-state index contributed by atoms with van der Waals surface area (Å²) in [4.78, 5) is 13.9. The quantitative estimate of drug-likeness (QED) is 0.781. The van der Waals surface area contributed by atoms with Gasteiger partial charge in [-0.15, -0.1) is 0 Å². The number of hydrogen-bond acceptors (Lipinski definition) is 8. The first-order valence-corrected chi connectivity index (χ1v) is 7.27. The number of anilines is 2. The molecule has 3 N–H and O–H groups in total. The molecule has 2 atom stereocenters. The molecule has 0 bridgehead atoms. The molecule has 0 radical (unpaired) electrons. The van der Waals surface area contributed by atoms with E-state index >= 15 is 0 Å². The van der Waals surface area contributed by atoms with Gasteiger partial charge in [0.2, 0.25) is 0 Å². The zero-order chi connectivity index (χ0) is 14.7. The number of rotatable bonds is 4. The van der Waals surface area contributed by atoms with Crippen LogP contribution in [0.4, 0.5) is 10.8 Å². The summed E-state index contributed by atoms with van der Waals surface area (Å²) in [6, 6.07) is 0. The molecule has 1 aliphatic rings. The molecule has 0 amide bonds. The highest BCUT2D eigenvalue weighted by Crippen LogP contribution is 2.33. The van der Waals surface area contributed by atoms with Crippen molar-refractivity contribution in [2.45, 2.75) is 26.1 Å². The normalized spacial score (nSPS) is 22.9. The van der Waals surface area contributed by atoms with Crippen LogP contribution in [0, 0.1) is 0 Å². The molecule has 0 spiro atoms. The molecule has 1 aromatic heterocycles. The van der Waals surface area contributed by atoms with E-state index < -0.39 is 5.97 Å². The molecule has 2 heterocycles. The monoisotopic (exact) mass is 301 g/mol. The third-order valence-electron chi connectivity index (χ3n) is 3.00. The van der Waals surface area contributed by atoms with Gasteiger partial charge in [0.05, 0.1) is 25.4 Å². The molecular formula is C12H19N3O4S. The first-order chi connectivity index (χ1) is 9.56. The number of aliphatic hydroxyl groups excluding tert-OH is 1. The predicted molar refractivity (Wildman–Crippen MR) is 76.1 cm³/mol. The average Bonchev–Trinajstić information content (AvgIpc) is 2.80. The summed E-state index contributed by atoms with van der Waals surface area (Å²) in [5.41, 5.74) is 6.08. The van der Waals surface area contributed by atoms with Crippen LogP contribution in [0.3, 0.4) is 0 Å². The first-order valence-electron chi connectivity index (χ1n) is 6.50. The maximum Gasteiger partial charge on any atom is 0.345 e. The van der Waals surface area contributed by atoms with Crippen LogP contribution in [0.2, 0.25) is 0 Å². The molecule has 7 nitrogen and oxygen atoms in total. The van der Waals surface area contributed by atoms with Crippen LogP contribution < -0.4 is 10.6 Å². The fourth-order valence-corrected chi connectivity index (χ4v) is 3.04. The Morgan fingerprint density at radius 3 is 3.05 bits per heavy atom. The Hall–Kier alpha value is -1.38. The number of carbonyl (C=O) groups is 1. The number of hydrogen-bond donors (Lipinski definition) is 2. The third-order valence-corrected chi connectivity index (χ3v) is 3.92. The van der Waals surface area contributed by atoms with Gasteiger partial charge in [0.25, 0.3) is 0 Å². The molecule has 20 heavy (non-hydrogen) atoms. The number of aliphatic hydroxyl groups is 1. The molecule has 1 aromatic rings. The second-order valence-corrected chi connectivity index (χ2v) is 5.38. The van der Waals surface area contributed by atoms with Crippen LogP contribution in [0.25, 0.3) is 0 Å². The van der Waals surface area contributed by atoms with E-state index in [0.717, 1.165) is 11.5 Å². The van der Waals surface area contributed by atoms with Crippen molar-refractivity contribution in [3.05, 3.63) is 5.56 Å². The molecule has 112 valence electrons. The zero-order valence-electron chi connectivity index (χ0n) is 11.5. The van der Waals surface area contributed by atoms with Crippen molar-refractivity contribution in [2.75, 3.05) is 36.9 Å². The number of nitrogen functional groups attached to an aromatic ring is 1. The number of nitrogens with two attached hydrogens (primary N) is 1. The van der Waals surface area contributed by atoms with Crippen molar-refractivity contribution in [1.82, 2.24) is 4.37 Å². The third kappa shape index (κ3) is 3.02. The van der Waals surface area contributed by atoms with E-state index in [2.05, 4.69) is 4.37 Å². The van der Waals surface area contributed by atoms with Crippen LogP contribution >= 0.6 is 11.5 Å². The minimum absolute atomic E-state index is 0.0423. The Balaban J connectivity index is 2.26. The molecule has 1 fully saturated rings. The van der Waals surface area contributed by atoms with Crippen molar-refractivity contribution >= 4 is 28.3 Å². The second-order valence-electron chi connectivity index (χ2n) is 4.62. The molecular weight excluding hydrogens is 282 g/mol. The first kappa shape index (κ1) is 15.0. The van der Waals surface area contributed by atoms with Gasteiger partial charge < -0.3 is 25.2 Å². The van der Waals surface area contributed by atoms with Gasteiger partial charge in [0.15, 0.2) is 5.82 Å². The van der Waals surface area contributed by atoms with Crippen LogP contribution in [0.5, 0.6) is 0 Å². The number of carbonyl (C=O) groups excluding carboxylic acids is 1. The Kier molecular flexibility index (Phi) is 4.79. The smallest absolute Gasteiger partial charge is 0.345 e. The minimum atomic E-state index is -0.464. The number of nitrogens with zero attached hydrogens (tertiary/aromatic N) is 2. The summed E-state index contributed by atoms with van der Waals surface area (Å²) in [5.74, 6) is -0.281. The van der Waals surface area contributed by atoms with Gasteiger partial charge in [0, 0.05) is 13.1 Å². The second kappa shape index (κ2) is 6.38. The van der Waals surface area contributed by atoms with Gasteiger partial charge in [-0.3, -0.25) is 0 Å². The van der Waals surface area contributed by atoms with Gasteiger partial charge in [0.1, 0.15) is 10.6 Å². The Bertz CT molecular complexity index is 479.